The van der Waals surface area contributed by atoms with E-state index < -0.39 is 0 Å². The van der Waals surface area contributed by atoms with E-state index in [9.17, 15) is 0 Å². The fraction of sp³-hybridized carbons (Fsp3) is 1.00. The van der Waals surface area contributed by atoms with Gasteiger partial charge in [-0.1, -0.05) is 0 Å². The average molecular weight is 192 g/mol. The van der Waals surface area contributed by atoms with Crippen molar-refractivity contribution in [2.45, 2.75) is 6.42 Å². The fourth-order valence-corrected chi connectivity index (χ4v) is 3.66. The monoisotopic (exact) mass is 192 g/mol. The lowest BCUT2D eigenvalue weighted by Gasteiger charge is -2.18. The summed E-state index contributed by atoms with van der Waals surface area (Å²) in [5.41, 5.74) is 0. The first kappa shape index (κ1) is 9.75. The minimum Gasteiger partial charge on any atom is -0.396 e. The van der Waals surface area contributed by atoms with E-state index >= 15 is 0 Å². The first-order valence-corrected chi connectivity index (χ1v) is 6.61. The van der Waals surface area contributed by atoms with Crippen molar-refractivity contribution in [1.29, 1.82) is 0 Å². The first-order valence-electron chi connectivity index (χ1n) is 4.06. The van der Waals surface area contributed by atoms with Gasteiger partial charge >= 0.3 is 0 Å². The van der Waals surface area contributed by atoms with Crippen molar-refractivity contribution in [1.82, 2.24) is 0 Å². The molecule has 0 aromatic carbocycles. The smallest absolute Gasteiger partial charge is 0.0470 e. The molecule has 0 saturated carbocycles. The molecule has 3 heteroatoms. The van der Waals surface area contributed by atoms with E-state index in [0.717, 1.165) is 11.7 Å². The summed E-state index contributed by atoms with van der Waals surface area (Å²) in [5.74, 6) is 5.04. The Kier molecular flexibility index (Phi) is 4.72. The lowest BCUT2D eigenvalue weighted by Crippen LogP contribution is -2.20. The minimum absolute atomic E-state index is 0.381. The highest BCUT2D eigenvalue weighted by molar-refractivity contribution is 7.99. The third-order valence-electron chi connectivity index (χ3n) is 2.25. The SMILES string of the molecule is CSCC(CO)C1CCSC1. The van der Waals surface area contributed by atoms with Gasteiger partial charge in [-0.05, 0) is 41.8 Å². The highest BCUT2D eigenvalue weighted by Gasteiger charge is 2.23. The number of hydrogen-bond acceptors (Lipinski definition) is 3. The zero-order chi connectivity index (χ0) is 8.10. The summed E-state index contributed by atoms with van der Waals surface area (Å²) >= 11 is 3.88. The van der Waals surface area contributed by atoms with Gasteiger partial charge in [-0.2, -0.15) is 23.5 Å². The molecule has 0 aromatic rings. The van der Waals surface area contributed by atoms with E-state index in [-0.39, 0.29) is 0 Å². The molecule has 1 rings (SSSR count). The molecular formula is C8H16OS2. The maximum atomic E-state index is 9.09. The Hall–Kier alpha value is 0.660. The molecule has 0 radical (unpaired) electrons. The number of thioether (sulfide) groups is 2. The average Bonchev–Trinajstić information content (AvgIpc) is 2.52. The van der Waals surface area contributed by atoms with Gasteiger partial charge in [0.15, 0.2) is 0 Å². The molecule has 0 aromatic heterocycles. The molecule has 0 amide bonds. The van der Waals surface area contributed by atoms with Crippen LogP contribution in [0.25, 0.3) is 0 Å². The van der Waals surface area contributed by atoms with Gasteiger partial charge in [-0.3, -0.25) is 0 Å². The summed E-state index contributed by atoms with van der Waals surface area (Å²) in [6.45, 7) is 0.381. The Labute approximate surface area is 77.3 Å². The molecule has 2 unspecified atom stereocenters. The first-order chi connectivity index (χ1) is 5.38. The van der Waals surface area contributed by atoms with E-state index in [1.165, 1.54) is 17.9 Å². The predicted octanol–water partition coefficient (Wildman–Crippen LogP) is 1.71. The molecule has 1 nitrogen and oxygen atoms in total. The molecule has 0 aliphatic carbocycles. The molecule has 1 aliphatic heterocycles. The van der Waals surface area contributed by atoms with Crippen molar-refractivity contribution in [3.05, 3.63) is 0 Å². The second kappa shape index (κ2) is 5.33. The highest BCUT2D eigenvalue weighted by atomic mass is 32.2. The number of aliphatic hydroxyl groups excluding tert-OH is 1. The van der Waals surface area contributed by atoms with Crippen molar-refractivity contribution in [3.8, 4) is 0 Å². The van der Waals surface area contributed by atoms with Crippen LogP contribution >= 0.6 is 23.5 Å². The van der Waals surface area contributed by atoms with Crippen LogP contribution in [-0.2, 0) is 0 Å². The number of rotatable bonds is 4. The number of hydrogen-bond donors (Lipinski definition) is 1. The Morgan fingerprint density at radius 1 is 1.73 bits per heavy atom. The second-order valence-corrected chi connectivity index (χ2v) is 5.08. The third-order valence-corrected chi connectivity index (χ3v) is 4.20. The predicted molar refractivity (Wildman–Crippen MR) is 54.4 cm³/mol. The molecule has 2 atom stereocenters. The maximum Gasteiger partial charge on any atom is 0.0470 e. The summed E-state index contributed by atoms with van der Waals surface area (Å²) in [6.07, 6.45) is 3.43. The lowest BCUT2D eigenvalue weighted by molar-refractivity contribution is 0.201. The van der Waals surface area contributed by atoms with Crippen molar-refractivity contribution < 1.29 is 5.11 Å². The standard InChI is InChI=1S/C8H16OS2/c1-10-5-8(4-9)7-2-3-11-6-7/h7-9H,2-6H2,1H3. The Morgan fingerprint density at radius 3 is 3.00 bits per heavy atom. The topological polar surface area (TPSA) is 20.2 Å². The molecule has 1 aliphatic rings. The maximum absolute atomic E-state index is 9.09. The normalized spacial score (nSPS) is 27.3. The van der Waals surface area contributed by atoms with Crippen molar-refractivity contribution in [3.63, 3.8) is 0 Å². The molecule has 11 heavy (non-hydrogen) atoms. The van der Waals surface area contributed by atoms with Crippen LogP contribution in [0.5, 0.6) is 0 Å². The Morgan fingerprint density at radius 2 is 2.55 bits per heavy atom. The molecule has 1 heterocycles. The van der Waals surface area contributed by atoms with Crippen molar-refractivity contribution in [2.24, 2.45) is 11.8 Å². The fourth-order valence-electron chi connectivity index (χ4n) is 1.48. The van der Waals surface area contributed by atoms with Crippen LogP contribution in [0.3, 0.4) is 0 Å². The van der Waals surface area contributed by atoms with Crippen LogP contribution in [0, 0.1) is 11.8 Å². The van der Waals surface area contributed by atoms with Gasteiger partial charge in [-0.25, -0.2) is 0 Å². The molecule has 1 fully saturated rings. The lowest BCUT2D eigenvalue weighted by atomic mass is 9.94. The van der Waals surface area contributed by atoms with Gasteiger partial charge in [0, 0.05) is 6.61 Å². The van der Waals surface area contributed by atoms with Crippen LogP contribution in [0.2, 0.25) is 0 Å². The van der Waals surface area contributed by atoms with E-state index in [1.807, 2.05) is 23.5 Å². The second-order valence-electron chi connectivity index (χ2n) is 3.02. The van der Waals surface area contributed by atoms with Gasteiger partial charge in [0.2, 0.25) is 0 Å². The molecule has 0 bridgehead atoms. The van der Waals surface area contributed by atoms with Gasteiger partial charge in [-0.15, -0.1) is 0 Å². The molecule has 0 spiro atoms. The minimum atomic E-state index is 0.381. The Balaban J connectivity index is 2.27. The quantitative estimate of drug-likeness (QED) is 0.732. The molecule has 1 N–H and O–H groups in total. The third kappa shape index (κ3) is 2.88. The Bertz CT molecular complexity index is 102. The van der Waals surface area contributed by atoms with E-state index in [0.29, 0.717) is 12.5 Å². The van der Waals surface area contributed by atoms with Crippen LogP contribution < -0.4 is 0 Å². The zero-order valence-corrected chi connectivity index (χ0v) is 8.59. The van der Waals surface area contributed by atoms with Crippen LogP contribution in [0.1, 0.15) is 6.42 Å². The summed E-state index contributed by atoms with van der Waals surface area (Å²) in [4.78, 5) is 0. The molecule has 1 saturated heterocycles. The van der Waals surface area contributed by atoms with Gasteiger partial charge in [0.25, 0.3) is 0 Å². The number of aliphatic hydroxyl groups is 1. The van der Waals surface area contributed by atoms with E-state index in [2.05, 4.69) is 6.26 Å². The zero-order valence-electron chi connectivity index (χ0n) is 6.95. The van der Waals surface area contributed by atoms with Crippen LogP contribution in [0.15, 0.2) is 0 Å². The van der Waals surface area contributed by atoms with Gasteiger partial charge < -0.3 is 5.11 Å². The summed E-state index contributed by atoms with van der Waals surface area (Å²) in [5, 5.41) is 9.09. The van der Waals surface area contributed by atoms with Gasteiger partial charge in [0.05, 0.1) is 0 Å². The van der Waals surface area contributed by atoms with Crippen molar-refractivity contribution in [2.75, 3.05) is 30.1 Å². The molecule has 66 valence electrons. The van der Waals surface area contributed by atoms with E-state index in [1.54, 1.807) is 0 Å². The summed E-state index contributed by atoms with van der Waals surface area (Å²) < 4.78 is 0. The van der Waals surface area contributed by atoms with E-state index in [4.69, 9.17) is 5.11 Å². The molecular weight excluding hydrogens is 176 g/mol. The van der Waals surface area contributed by atoms with Crippen molar-refractivity contribution >= 4 is 23.5 Å². The summed E-state index contributed by atoms with van der Waals surface area (Å²) in [7, 11) is 0. The summed E-state index contributed by atoms with van der Waals surface area (Å²) in [6, 6.07) is 0. The van der Waals surface area contributed by atoms with Crippen LogP contribution in [0.4, 0.5) is 0 Å². The largest absolute Gasteiger partial charge is 0.396 e. The van der Waals surface area contributed by atoms with Gasteiger partial charge in [0.1, 0.15) is 0 Å². The highest BCUT2D eigenvalue weighted by Crippen LogP contribution is 2.30. The van der Waals surface area contributed by atoms with Crippen LogP contribution in [-0.4, -0.2) is 35.2 Å².